The van der Waals surface area contributed by atoms with E-state index in [4.69, 9.17) is 9.46 Å². The number of benzene rings is 1. The number of hydrogen-bond acceptors (Lipinski definition) is 2. The van der Waals surface area contributed by atoms with Gasteiger partial charge in [-0.2, -0.15) is 0 Å². The monoisotopic (exact) mass is 372 g/mol. The van der Waals surface area contributed by atoms with Gasteiger partial charge in [-0.25, -0.2) is 4.89 Å². The molecule has 144 valence electrons. The molecule has 0 unspecified atom stereocenters. The van der Waals surface area contributed by atoms with Gasteiger partial charge in [-0.15, -0.1) is 0 Å². The van der Waals surface area contributed by atoms with Crippen molar-refractivity contribution in [3.05, 3.63) is 35.4 Å². The first kappa shape index (κ1) is 18.7. The van der Waals surface area contributed by atoms with Gasteiger partial charge >= 0.3 is 0 Å². The van der Waals surface area contributed by atoms with Gasteiger partial charge in [0.15, 0.2) is 0 Å². The molecular weight excluding hydrogens is 336 g/mol. The maximum atomic E-state index is 5.87. The van der Waals surface area contributed by atoms with Crippen LogP contribution >= 0.6 is 0 Å². The molecule has 0 atom stereocenters. The van der Waals surface area contributed by atoms with E-state index < -0.39 is 8.32 Å². The number of rotatable bonds is 5. The fraction of sp³-hybridized carbons (Fsp3) is 0.739. The zero-order valence-corrected chi connectivity index (χ0v) is 18.3. The predicted octanol–water partition coefficient (Wildman–Crippen LogP) is 6.19. The van der Waals surface area contributed by atoms with E-state index in [-0.39, 0.29) is 5.60 Å². The lowest BCUT2D eigenvalue weighted by atomic mass is 9.48. The first-order valence-electron chi connectivity index (χ1n) is 10.6. The molecular formula is C23H36O2Si. The average molecular weight is 373 g/mol. The molecule has 4 saturated carbocycles. The topological polar surface area (TPSA) is 18.5 Å². The molecule has 0 heterocycles. The minimum atomic E-state index is -1.86. The summed E-state index contributed by atoms with van der Waals surface area (Å²) in [7, 11) is -1.86. The van der Waals surface area contributed by atoms with Crippen LogP contribution < -0.4 is 0 Å². The molecule has 0 aliphatic heterocycles. The highest BCUT2D eigenvalue weighted by atomic mass is 28.4. The number of hydrogen-bond donors (Lipinski definition) is 0. The Bertz CT molecular complexity index is 606. The third-order valence-electron chi connectivity index (χ3n) is 6.75. The van der Waals surface area contributed by atoms with Gasteiger partial charge in [0.05, 0.1) is 5.60 Å². The smallest absolute Gasteiger partial charge is 0.237 e. The van der Waals surface area contributed by atoms with Crippen molar-refractivity contribution in [3.63, 3.8) is 0 Å². The molecule has 4 aliphatic rings. The van der Waals surface area contributed by atoms with Crippen LogP contribution in [-0.4, -0.2) is 13.9 Å². The fourth-order valence-electron chi connectivity index (χ4n) is 6.20. The normalized spacial score (nSPS) is 33.7. The van der Waals surface area contributed by atoms with Crippen LogP contribution in [0, 0.1) is 17.8 Å². The summed E-state index contributed by atoms with van der Waals surface area (Å²) < 4.78 is 5.87. The van der Waals surface area contributed by atoms with Gasteiger partial charge in [0.1, 0.15) is 0 Å². The third-order valence-corrected chi connectivity index (χ3v) is 8.55. The molecule has 0 radical (unpaired) electrons. The largest absolute Gasteiger partial charge is 0.286 e. The molecule has 1 aromatic carbocycles. The summed E-state index contributed by atoms with van der Waals surface area (Å²) in [5.41, 5.74) is 3.28. The molecule has 4 fully saturated rings. The highest BCUT2D eigenvalue weighted by Crippen LogP contribution is 2.60. The Kier molecular flexibility index (Phi) is 4.65. The Morgan fingerprint density at radius 2 is 1.42 bits per heavy atom. The quantitative estimate of drug-likeness (QED) is 0.349. The fourth-order valence-corrected chi connectivity index (χ4v) is 7.95. The summed E-state index contributed by atoms with van der Waals surface area (Å²) in [5, 5.41) is 0. The van der Waals surface area contributed by atoms with Gasteiger partial charge in [-0.3, -0.25) is 4.58 Å². The Morgan fingerprint density at radius 1 is 0.923 bits per heavy atom. The summed E-state index contributed by atoms with van der Waals surface area (Å²) in [5.74, 6) is 3.03. The van der Waals surface area contributed by atoms with Crippen molar-refractivity contribution in [3.8, 4) is 0 Å². The van der Waals surface area contributed by atoms with Crippen molar-refractivity contribution in [2.75, 3.05) is 0 Å². The van der Waals surface area contributed by atoms with Gasteiger partial charge in [0.2, 0.25) is 8.32 Å². The lowest BCUT2D eigenvalue weighted by molar-refractivity contribution is -0.285. The molecule has 5 rings (SSSR count). The van der Waals surface area contributed by atoms with Crippen molar-refractivity contribution in [1.29, 1.82) is 0 Å². The molecule has 4 bridgehead atoms. The Balaban J connectivity index is 1.44. The first-order valence-corrected chi connectivity index (χ1v) is 13.7. The highest BCUT2D eigenvalue weighted by molar-refractivity contribution is 6.70. The van der Waals surface area contributed by atoms with E-state index in [0.29, 0.717) is 5.41 Å². The zero-order valence-electron chi connectivity index (χ0n) is 17.3. The molecule has 0 saturated heterocycles. The van der Waals surface area contributed by atoms with E-state index in [1.165, 1.54) is 44.1 Å². The van der Waals surface area contributed by atoms with Gasteiger partial charge in [-0.1, -0.05) is 24.3 Å². The molecule has 0 aromatic heterocycles. The Morgan fingerprint density at radius 3 is 1.88 bits per heavy atom. The van der Waals surface area contributed by atoms with Crippen LogP contribution in [0.25, 0.3) is 0 Å². The lowest BCUT2D eigenvalue weighted by Crippen LogP contribution is -2.48. The van der Waals surface area contributed by atoms with E-state index >= 15 is 0 Å². The third kappa shape index (κ3) is 3.95. The van der Waals surface area contributed by atoms with Crippen molar-refractivity contribution in [1.82, 2.24) is 0 Å². The van der Waals surface area contributed by atoms with E-state index in [1.54, 1.807) is 5.56 Å². The van der Waals surface area contributed by atoms with Gasteiger partial charge in [0, 0.05) is 0 Å². The van der Waals surface area contributed by atoms with Gasteiger partial charge in [-0.05, 0) is 113 Å². The molecule has 0 amide bonds. The summed E-state index contributed by atoms with van der Waals surface area (Å²) >= 11 is 0. The highest BCUT2D eigenvalue weighted by Gasteiger charge is 2.51. The molecule has 0 N–H and O–H groups in total. The van der Waals surface area contributed by atoms with Gasteiger partial charge < -0.3 is 0 Å². The molecule has 1 aromatic rings. The first-order chi connectivity index (χ1) is 12.1. The molecule has 26 heavy (non-hydrogen) atoms. The van der Waals surface area contributed by atoms with Crippen LogP contribution in [0.15, 0.2) is 24.3 Å². The molecule has 2 nitrogen and oxygen atoms in total. The second-order valence-corrected chi connectivity index (χ2v) is 15.1. The standard InChI is InChI=1S/C23H36O2Si/c1-22(2,3)24-25-26(4,5)16-17-6-8-21(9-7-17)23-13-18-10-19(14-23)12-20(11-18)15-23/h6-9,18-20H,10-16H2,1-5H3. The summed E-state index contributed by atoms with van der Waals surface area (Å²) in [6, 6.07) is 10.6. The van der Waals surface area contributed by atoms with E-state index in [0.717, 1.165) is 23.8 Å². The van der Waals surface area contributed by atoms with Crippen molar-refractivity contribution in [2.24, 2.45) is 17.8 Å². The Hall–Kier alpha value is -0.643. The Labute approximate surface area is 160 Å². The second kappa shape index (κ2) is 6.46. The zero-order chi connectivity index (χ0) is 18.6. The summed E-state index contributed by atoms with van der Waals surface area (Å²) in [6.07, 6.45) is 8.89. The minimum absolute atomic E-state index is 0.243. The average Bonchev–Trinajstić information content (AvgIpc) is 2.51. The van der Waals surface area contributed by atoms with E-state index in [1.807, 2.05) is 20.8 Å². The maximum absolute atomic E-state index is 5.87. The van der Waals surface area contributed by atoms with Crippen LogP contribution in [-0.2, 0) is 20.9 Å². The molecule has 3 heteroatoms. The van der Waals surface area contributed by atoms with Crippen LogP contribution in [0.3, 0.4) is 0 Å². The SMILES string of the molecule is CC(C)(C)OO[Si](C)(C)Cc1ccc(C23CC4CC(CC(C4)C2)C3)cc1. The summed E-state index contributed by atoms with van der Waals surface area (Å²) in [4.78, 5) is 5.62. The maximum Gasteiger partial charge on any atom is 0.237 e. The van der Waals surface area contributed by atoms with Crippen molar-refractivity contribution < 1.29 is 9.46 Å². The molecule has 0 spiro atoms. The van der Waals surface area contributed by atoms with E-state index in [9.17, 15) is 0 Å². The van der Waals surface area contributed by atoms with Crippen LogP contribution in [0.4, 0.5) is 0 Å². The second-order valence-electron chi connectivity index (χ2n) is 11.1. The van der Waals surface area contributed by atoms with E-state index in [2.05, 4.69) is 37.4 Å². The van der Waals surface area contributed by atoms with Gasteiger partial charge in [0.25, 0.3) is 0 Å². The minimum Gasteiger partial charge on any atom is -0.286 e. The molecule has 4 aliphatic carbocycles. The lowest BCUT2D eigenvalue weighted by Gasteiger charge is -2.57. The van der Waals surface area contributed by atoms with Crippen molar-refractivity contribution >= 4 is 8.32 Å². The predicted molar refractivity (Wildman–Crippen MR) is 109 cm³/mol. The summed E-state index contributed by atoms with van der Waals surface area (Å²) in [6.45, 7) is 10.6. The van der Waals surface area contributed by atoms with Crippen LogP contribution in [0.1, 0.15) is 70.4 Å². The van der Waals surface area contributed by atoms with Crippen LogP contribution in [0.5, 0.6) is 0 Å². The van der Waals surface area contributed by atoms with Crippen molar-refractivity contribution in [2.45, 2.75) is 89.5 Å². The van der Waals surface area contributed by atoms with Crippen LogP contribution in [0.2, 0.25) is 13.1 Å².